The van der Waals surface area contributed by atoms with Crippen molar-refractivity contribution < 1.29 is 33.2 Å². The van der Waals surface area contributed by atoms with Gasteiger partial charge in [0.1, 0.15) is 17.0 Å². The lowest BCUT2D eigenvalue weighted by Gasteiger charge is -2.39. The van der Waals surface area contributed by atoms with Gasteiger partial charge >= 0.3 is 19.7 Å². The summed E-state index contributed by atoms with van der Waals surface area (Å²) in [7, 11) is 1.37. The Kier molecular flexibility index (Phi) is 12.5. The van der Waals surface area contributed by atoms with Gasteiger partial charge in [0, 0.05) is 24.5 Å². The van der Waals surface area contributed by atoms with Gasteiger partial charge in [-0.15, -0.1) is 0 Å². The zero-order valence-electron chi connectivity index (χ0n) is 29.6. The number of carbonyl (C=O) groups excluding carboxylic acids is 2. The molecule has 0 aliphatic heterocycles. The van der Waals surface area contributed by atoms with E-state index in [1.54, 1.807) is 38.7 Å². The smallest absolute Gasteiger partial charge is 0.410 e. The normalized spacial score (nSPS) is 18.2. The molecule has 2 N–H and O–H groups in total. The SMILES string of the molecule is CC(C)(C)OC(=O)NC1CCC(N(CC(c2ccccc2)c2cc(F)c(Cl)c([B]OC(C)(C)C(C)(C)O)c2)C(=O)OC(C)(C)C)CC1. The van der Waals surface area contributed by atoms with Crippen molar-refractivity contribution in [1.82, 2.24) is 10.2 Å². The van der Waals surface area contributed by atoms with Gasteiger partial charge in [0.25, 0.3) is 0 Å². The molecule has 2 aromatic carbocycles. The number of carbonyl (C=O) groups is 2. The van der Waals surface area contributed by atoms with Crippen LogP contribution in [0.3, 0.4) is 0 Å². The summed E-state index contributed by atoms with van der Waals surface area (Å²) < 4.78 is 32.8. The monoisotopic (exact) mass is 673 g/mol. The van der Waals surface area contributed by atoms with Crippen LogP contribution in [0.4, 0.5) is 14.0 Å². The van der Waals surface area contributed by atoms with Gasteiger partial charge in [-0.1, -0.05) is 48.0 Å². The summed E-state index contributed by atoms with van der Waals surface area (Å²) in [5.74, 6) is -1.07. The standard InChI is InChI=1S/C36H52BClFN2O6/c1-33(2,3)45-31(42)40-25-16-18-26(19-17-25)41(32(43)46-34(4,5)6)22-27(23-14-12-11-13-15-23)24-20-28(30(38)29(39)21-24)37-47-36(9,10)35(7,8)44/h11-15,20-21,25-27,44H,16-19,22H2,1-10H3,(H,40,42). The highest BCUT2D eigenvalue weighted by molar-refractivity contribution is 6.53. The Balaban J connectivity index is 1.95. The van der Waals surface area contributed by atoms with Crippen LogP contribution >= 0.6 is 11.6 Å². The second-order valence-electron chi connectivity index (χ2n) is 15.5. The number of hydrogen-bond acceptors (Lipinski definition) is 6. The average Bonchev–Trinajstić information content (AvgIpc) is 2.93. The van der Waals surface area contributed by atoms with Crippen LogP contribution in [-0.4, -0.2) is 70.7 Å². The third-order valence-corrected chi connectivity index (χ3v) is 8.90. The van der Waals surface area contributed by atoms with Crippen LogP contribution in [0.1, 0.15) is 112 Å². The number of aliphatic hydroxyl groups is 1. The number of rotatable bonds is 10. The summed E-state index contributed by atoms with van der Waals surface area (Å²) in [6.07, 6.45) is 1.66. The first-order valence-corrected chi connectivity index (χ1v) is 16.7. The predicted molar refractivity (Wildman–Crippen MR) is 185 cm³/mol. The molecule has 1 aliphatic rings. The molecule has 1 fully saturated rings. The fourth-order valence-electron chi connectivity index (χ4n) is 5.26. The minimum atomic E-state index is -1.19. The molecule has 0 heterocycles. The Morgan fingerprint density at radius 1 is 0.936 bits per heavy atom. The second-order valence-corrected chi connectivity index (χ2v) is 15.8. The highest BCUT2D eigenvalue weighted by atomic mass is 35.5. The number of hydrogen-bond donors (Lipinski definition) is 2. The predicted octanol–water partition coefficient (Wildman–Crippen LogP) is 7.49. The third kappa shape index (κ3) is 11.4. The number of amides is 2. The van der Waals surface area contributed by atoms with E-state index in [4.69, 9.17) is 25.7 Å². The molecule has 0 aromatic heterocycles. The van der Waals surface area contributed by atoms with Crippen molar-refractivity contribution in [3.63, 3.8) is 0 Å². The zero-order chi connectivity index (χ0) is 35.4. The molecule has 0 bridgehead atoms. The van der Waals surface area contributed by atoms with Crippen molar-refractivity contribution in [3.05, 3.63) is 64.4 Å². The number of nitrogens with zero attached hydrogens (tertiary/aromatic N) is 1. The molecule has 2 aromatic rings. The summed E-state index contributed by atoms with van der Waals surface area (Å²) in [6.45, 7) is 17.9. The molecule has 2 amide bonds. The van der Waals surface area contributed by atoms with E-state index in [2.05, 4.69) is 5.32 Å². The van der Waals surface area contributed by atoms with Crippen LogP contribution in [0.25, 0.3) is 0 Å². The van der Waals surface area contributed by atoms with Gasteiger partial charge in [0.05, 0.1) is 16.2 Å². The average molecular weight is 674 g/mol. The van der Waals surface area contributed by atoms with Gasteiger partial charge in [-0.25, -0.2) is 14.0 Å². The summed E-state index contributed by atoms with van der Waals surface area (Å²) in [6, 6.07) is 12.5. The fourth-order valence-corrected chi connectivity index (χ4v) is 5.41. The number of benzene rings is 2. The molecule has 0 spiro atoms. The van der Waals surface area contributed by atoms with Gasteiger partial charge in [0.2, 0.25) is 0 Å². The third-order valence-electron chi connectivity index (χ3n) is 8.50. The van der Waals surface area contributed by atoms with E-state index in [0.29, 0.717) is 36.7 Å². The van der Waals surface area contributed by atoms with Crippen molar-refractivity contribution in [2.75, 3.05) is 6.54 Å². The lowest BCUT2D eigenvalue weighted by molar-refractivity contribution is -0.0893. The molecule has 259 valence electrons. The molecule has 3 rings (SSSR count). The topological polar surface area (TPSA) is 97.3 Å². The molecule has 1 radical (unpaired) electrons. The summed E-state index contributed by atoms with van der Waals surface area (Å²) in [5.41, 5.74) is -1.71. The van der Waals surface area contributed by atoms with E-state index >= 15 is 4.39 Å². The quantitative estimate of drug-likeness (QED) is 0.254. The van der Waals surface area contributed by atoms with Crippen LogP contribution in [0.2, 0.25) is 5.02 Å². The molecule has 47 heavy (non-hydrogen) atoms. The minimum absolute atomic E-state index is 0.0805. The number of ether oxygens (including phenoxy) is 2. The molecule has 11 heteroatoms. The van der Waals surface area contributed by atoms with Crippen molar-refractivity contribution in [2.45, 2.75) is 135 Å². The van der Waals surface area contributed by atoms with Crippen LogP contribution < -0.4 is 10.8 Å². The molecular formula is C36H52BClFN2O6. The molecule has 8 nitrogen and oxygen atoms in total. The number of alkyl carbamates (subject to hydrolysis) is 1. The van der Waals surface area contributed by atoms with Gasteiger partial charge in [-0.05, 0) is 118 Å². The molecule has 1 saturated carbocycles. The summed E-state index contributed by atoms with van der Waals surface area (Å²) in [4.78, 5) is 28.0. The van der Waals surface area contributed by atoms with Gasteiger partial charge in [0.15, 0.2) is 0 Å². The van der Waals surface area contributed by atoms with Crippen molar-refractivity contribution in [2.24, 2.45) is 0 Å². The maximum absolute atomic E-state index is 15.5. The first-order chi connectivity index (χ1) is 21.6. The second kappa shape index (κ2) is 15.2. The van der Waals surface area contributed by atoms with Crippen molar-refractivity contribution >= 4 is 36.7 Å². The first-order valence-electron chi connectivity index (χ1n) is 16.3. The van der Waals surface area contributed by atoms with E-state index in [1.165, 1.54) is 13.5 Å². The van der Waals surface area contributed by atoms with Crippen molar-refractivity contribution in [1.29, 1.82) is 0 Å². The Bertz CT molecular complexity index is 1360. The van der Waals surface area contributed by atoms with E-state index in [1.807, 2.05) is 71.9 Å². The largest absolute Gasteiger partial charge is 0.444 e. The van der Waals surface area contributed by atoms with Crippen LogP contribution in [0, 0.1) is 5.82 Å². The molecule has 1 unspecified atom stereocenters. The Morgan fingerprint density at radius 3 is 2.04 bits per heavy atom. The summed E-state index contributed by atoms with van der Waals surface area (Å²) in [5, 5.41) is 13.4. The minimum Gasteiger partial charge on any atom is -0.444 e. The molecule has 1 atom stereocenters. The Morgan fingerprint density at radius 2 is 1.51 bits per heavy atom. The van der Waals surface area contributed by atoms with Gasteiger partial charge < -0.3 is 29.5 Å². The van der Waals surface area contributed by atoms with Gasteiger partial charge in [-0.3, -0.25) is 0 Å². The molecule has 1 aliphatic carbocycles. The summed E-state index contributed by atoms with van der Waals surface area (Å²) >= 11 is 6.42. The van der Waals surface area contributed by atoms with E-state index < -0.39 is 46.3 Å². The lowest BCUT2D eigenvalue weighted by atomic mass is 9.80. The van der Waals surface area contributed by atoms with Crippen LogP contribution in [0.15, 0.2) is 42.5 Å². The first kappa shape index (κ1) is 38.6. The highest BCUT2D eigenvalue weighted by Gasteiger charge is 2.37. The van der Waals surface area contributed by atoms with Crippen LogP contribution in [0.5, 0.6) is 0 Å². The Hall–Kier alpha value is -2.82. The van der Waals surface area contributed by atoms with E-state index in [-0.39, 0.29) is 23.7 Å². The zero-order valence-corrected chi connectivity index (χ0v) is 30.3. The number of halogens is 2. The van der Waals surface area contributed by atoms with Crippen LogP contribution in [-0.2, 0) is 14.1 Å². The van der Waals surface area contributed by atoms with Gasteiger partial charge in [-0.2, -0.15) is 0 Å². The maximum Gasteiger partial charge on any atom is 0.410 e. The highest BCUT2D eigenvalue weighted by Crippen LogP contribution is 2.33. The fraction of sp³-hybridized carbons (Fsp3) is 0.611. The lowest BCUT2D eigenvalue weighted by Crippen LogP contribution is -2.49. The Labute approximate surface area is 285 Å². The molecular weight excluding hydrogens is 622 g/mol. The van der Waals surface area contributed by atoms with E-state index in [0.717, 1.165) is 5.56 Å². The van der Waals surface area contributed by atoms with E-state index in [9.17, 15) is 14.7 Å². The number of nitrogens with one attached hydrogen (secondary N) is 1. The maximum atomic E-state index is 15.5. The van der Waals surface area contributed by atoms with Crippen molar-refractivity contribution in [3.8, 4) is 0 Å². The molecule has 0 saturated heterocycles.